The van der Waals surface area contributed by atoms with E-state index in [-0.39, 0.29) is 0 Å². The first-order valence-electron chi connectivity index (χ1n) is 4.35. The van der Waals surface area contributed by atoms with E-state index in [1.54, 1.807) is 0 Å². The Morgan fingerprint density at radius 1 is 1.17 bits per heavy atom. The monoisotopic (exact) mass is 166 g/mol. The van der Waals surface area contributed by atoms with Gasteiger partial charge in [0.15, 0.2) is 0 Å². The lowest BCUT2D eigenvalue weighted by atomic mass is 10.2. The van der Waals surface area contributed by atoms with Crippen molar-refractivity contribution in [3.05, 3.63) is 35.6 Å². The van der Waals surface area contributed by atoms with E-state index in [0.717, 1.165) is 11.3 Å². The van der Waals surface area contributed by atoms with Gasteiger partial charge in [0.05, 0.1) is 6.61 Å². The van der Waals surface area contributed by atoms with Gasteiger partial charge < -0.3 is 4.74 Å². The minimum atomic E-state index is 0.717. The zero-order chi connectivity index (χ0) is 9.40. The van der Waals surface area contributed by atoms with E-state index in [0.29, 0.717) is 6.61 Å². The van der Waals surface area contributed by atoms with Crippen molar-refractivity contribution < 1.29 is 4.74 Å². The molecule has 0 aromatic heterocycles. The molecule has 68 valence electrons. The predicted octanol–water partition coefficient (Wildman–Crippen LogP) is 3.45. The van der Waals surface area contributed by atoms with Gasteiger partial charge in [0.1, 0.15) is 5.76 Å². The maximum Gasteiger partial charge on any atom is 0.121 e. The van der Waals surface area contributed by atoms with Gasteiger partial charge in [0.2, 0.25) is 0 Å². The fourth-order valence-electron chi connectivity index (χ4n) is 0.932. The van der Waals surface area contributed by atoms with Gasteiger partial charge in [0.25, 0.3) is 0 Å². The van der Waals surface area contributed by atoms with Crippen LogP contribution in [0.3, 0.4) is 0 Å². The average Bonchev–Trinajstić information content (AvgIpc) is 2.04. The standard InChI is InChI=1S/C11H18O/c1-5-8-10(4)11(9-6-2)12-7-3/h5-6,8-9H,7H2,1-4H3/b8-5-,9-6-,11-10+. The average molecular weight is 166 g/mol. The highest BCUT2D eigenvalue weighted by Gasteiger charge is 1.94. The summed E-state index contributed by atoms with van der Waals surface area (Å²) in [4.78, 5) is 0. The molecule has 0 radical (unpaired) electrons. The molecular formula is C11H18O. The van der Waals surface area contributed by atoms with E-state index >= 15 is 0 Å². The molecule has 0 atom stereocenters. The quantitative estimate of drug-likeness (QED) is 0.459. The van der Waals surface area contributed by atoms with Crippen LogP contribution in [0.2, 0.25) is 0 Å². The number of rotatable bonds is 4. The lowest BCUT2D eigenvalue weighted by Crippen LogP contribution is -1.90. The third kappa shape index (κ3) is 4.02. The Labute approximate surface area is 75.4 Å². The Kier molecular flexibility index (Phi) is 6.16. The molecule has 0 N–H and O–H groups in total. The molecule has 0 fully saturated rings. The molecule has 0 heterocycles. The fourth-order valence-corrected chi connectivity index (χ4v) is 0.932. The first kappa shape index (κ1) is 11.0. The van der Waals surface area contributed by atoms with Gasteiger partial charge in [-0.05, 0) is 39.3 Å². The highest BCUT2D eigenvalue weighted by Crippen LogP contribution is 2.08. The Bertz CT molecular complexity index is 197. The number of hydrogen-bond acceptors (Lipinski definition) is 1. The van der Waals surface area contributed by atoms with Crippen molar-refractivity contribution >= 4 is 0 Å². The molecular weight excluding hydrogens is 148 g/mol. The summed E-state index contributed by atoms with van der Waals surface area (Å²) in [6.45, 7) is 8.75. The van der Waals surface area contributed by atoms with Crippen molar-refractivity contribution in [3.8, 4) is 0 Å². The molecule has 0 aliphatic rings. The van der Waals surface area contributed by atoms with E-state index in [2.05, 4.69) is 0 Å². The third-order valence-corrected chi connectivity index (χ3v) is 1.42. The first-order chi connectivity index (χ1) is 5.76. The van der Waals surface area contributed by atoms with Crippen molar-refractivity contribution in [2.24, 2.45) is 0 Å². The van der Waals surface area contributed by atoms with Crippen LogP contribution in [0.25, 0.3) is 0 Å². The Hall–Kier alpha value is -0.980. The smallest absolute Gasteiger partial charge is 0.121 e. The number of ether oxygens (including phenoxy) is 1. The van der Waals surface area contributed by atoms with Crippen LogP contribution in [-0.4, -0.2) is 6.61 Å². The topological polar surface area (TPSA) is 9.23 Å². The number of allylic oxidation sites excluding steroid dienone is 5. The maximum atomic E-state index is 5.44. The van der Waals surface area contributed by atoms with Gasteiger partial charge in [-0.1, -0.05) is 18.2 Å². The van der Waals surface area contributed by atoms with E-state index < -0.39 is 0 Å². The fraction of sp³-hybridized carbons (Fsp3) is 0.455. The highest BCUT2D eigenvalue weighted by atomic mass is 16.5. The zero-order valence-corrected chi connectivity index (χ0v) is 8.42. The summed E-state index contributed by atoms with van der Waals surface area (Å²) < 4.78 is 5.44. The van der Waals surface area contributed by atoms with Gasteiger partial charge in [-0.25, -0.2) is 0 Å². The van der Waals surface area contributed by atoms with Crippen LogP contribution in [0.1, 0.15) is 27.7 Å². The SMILES string of the molecule is C\C=C/C(C)=C(\C=C/C)OCC. The van der Waals surface area contributed by atoms with E-state index in [9.17, 15) is 0 Å². The lowest BCUT2D eigenvalue weighted by Gasteiger charge is -2.05. The second-order valence-corrected chi connectivity index (χ2v) is 2.48. The molecule has 0 spiro atoms. The summed E-state index contributed by atoms with van der Waals surface area (Å²) >= 11 is 0. The Morgan fingerprint density at radius 2 is 1.75 bits per heavy atom. The summed E-state index contributed by atoms with van der Waals surface area (Å²) in [7, 11) is 0. The third-order valence-electron chi connectivity index (χ3n) is 1.42. The molecule has 0 aliphatic carbocycles. The van der Waals surface area contributed by atoms with Crippen molar-refractivity contribution in [3.63, 3.8) is 0 Å². The molecule has 1 nitrogen and oxygen atoms in total. The maximum absolute atomic E-state index is 5.44. The Balaban J connectivity index is 4.54. The molecule has 0 amide bonds. The van der Waals surface area contributed by atoms with E-state index in [1.165, 1.54) is 0 Å². The summed E-state index contributed by atoms with van der Waals surface area (Å²) in [6, 6.07) is 0. The molecule has 0 aromatic rings. The Morgan fingerprint density at radius 3 is 2.17 bits per heavy atom. The molecule has 0 aromatic carbocycles. The van der Waals surface area contributed by atoms with Crippen LogP contribution in [-0.2, 0) is 4.74 Å². The van der Waals surface area contributed by atoms with Gasteiger partial charge in [0, 0.05) is 0 Å². The van der Waals surface area contributed by atoms with Crippen LogP contribution in [0.15, 0.2) is 35.6 Å². The summed E-state index contributed by atoms with van der Waals surface area (Å²) in [6.07, 6.45) is 8.03. The second-order valence-electron chi connectivity index (χ2n) is 2.48. The molecule has 0 aliphatic heterocycles. The van der Waals surface area contributed by atoms with E-state index in [4.69, 9.17) is 4.74 Å². The molecule has 0 saturated carbocycles. The largest absolute Gasteiger partial charge is 0.494 e. The molecule has 0 saturated heterocycles. The second kappa shape index (κ2) is 6.71. The summed E-state index contributed by atoms with van der Waals surface area (Å²) in [5.41, 5.74) is 1.16. The minimum absolute atomic E-state index is 0.717. The van der Waals surface area contributed by atoms with Gasteiger partial charge in [-0.2, -0.15) is 0 Å². The molecule has 1 heteroatoms. The van der Waals surface area contributed by atoms with Crippen molar-refractivity contribution in [2.45, 2.75) is 27.7 Å². The van der Waals surface area contributed by atoms with Gasteiger partial charge >= 0.3 is 0 Å². The van der Waals surface area contributed by atoms with Crippen LogP contribution in [0.4, 0.5) is 0 Å². The molecule has 0 rings (SSSR count). The first-order valence-corrected chi connectivity index (χ1v) is 4.35. The van der Waals surface area contributed by atoms with Crippen LogP contribution in [0, 0.1) is 0 Å². The minimum Gasteiger partial charge on any atom is -0.494 e. The molecule has 12 heavy (non-hydrogen) atoms. The predicted molar refractivity (Wildman–Crippen MR) is 54.0 cm³/mol. The van der Waals surface area contributed by atoms with Crippen LogP contribution in [0.5, 0.6) is 0 Å². The van der Waals surface area contributed by atoms with Gasteiger partial charge in [-0.15, -0.1) is 0 Å². The zero-order valence-electron chi connectivity index (χ0n) is 8.42. The normalized spacial score (nSPS) is 14.0. The molecule has 0 unspecified atom stereocenters. The van der Waals surface area contributed by atoms with Gasteiger partial charge in [-0.3, -0.25) is 0 Å². The van der Waals surface area contributed by atoms with Crippen molar-refractivity contribution in [2.75, 3.05) is 6.61 Å². The lowest BCUT2D eigenvalue weighted by molar-refractivity contribution is 0.240. The highest BCUT2D eigenvalue weighted by molar-refractivity contribution is 5.26. The van der Waals surface area contributed by atoms with Crippen molar-refractivity contribution in [1.29, 1.82) is 0 Å². The summed E-state index contributed by atoms with van der Waals surface area (Å²) in [5, 5.41) is 0. The van der Waals surface area contributed by atoms with E-state index in [1.807, 2.05) is 52.0 Å². The van der Waals surface area contributed by atoms with Crippen LogP contribution < -0.4 is 0 Å². The number of hydrogen-bond donors (Lipinski definition) is 0. The summed E-state index contributed by atoms with van der Waals surface area (Å²) in [5.74, 6) is 0.957. The van der Waals surface area contributed by atoms with Crippen LogP contribution >= 0.6 is 0 Å². The van der Waals surface area contributed by atoms with Crippen molar-refractivity contribution in [1.82, 2.24) is 0 Å². The molecule has 0 bridgehead atoms.